The standard InChI is InChI=1S/C24H36N2O.C4H4O4/c1-17(2)18-6-8-21-19(14-18)7-9-22-23(3,11-5-12-24(21,22)4)16-26-27-20-10-13-25-15-20;5-3(6)1-2-4(7)8/h6,8,14,16-17,20,22,25H,5,7,9-13,15H2,1-4H3;1-2H,(H,5,6)(H,7,8)/b26-16+;2-1+/t20-,22-,23-,24+;/m0./s1. The highest BCUT2D eigenvalue weighted by atomic mass is 16.6. The van der Waals surface area contributed by atoms with Crippen molar-refractivity contribution in [3.8, 4) is 0 Å². The quantitative estimate of drug-likeness (QED) is 0.301. The first-order chi connectivity index (χ1) is 16.5. The zero-order valence-corrected chi connectivity index (χ0v) is 21.4. The Balaban J connectivity index is 0.000000371. The Kier molecular flexibility index (Phi) is 8.75. The van der Waals surface area contributed by atoms with Gasteiger partial charge in [-0.3, -0.25) is 0 Å². The maximum Gasteiger partial charge on any atom is 0.328 e. The van der Waals surface area contributed by atoms with Gasteiger partial charge in [0.25, 0.3) is 0 Å². The van der Waals surface area contributed by atoms with Crippen LogP contribution in [0.25, 0.3) is 0 Å². The molecule has 1 saturated heterocycles. The number of carboxylic acids is 2. The van der Waals surface area contributed by atoms with Gasteiger partial charge in [0.2, 0.25) is 0 Å². The normalized spacial score (nSPS) is 30.0. The van der Waals surface area contributed by atoms with Gasteiger partial charge in [0.05, 0.1) is 0 Å². The van der Waals surface area contributed by atoms with Gasteiger partial charge >= 0.3 is 11.9 Å². The molecule has 7 heteroatoms. The molecule has 1 aromatic rings. The molecule has 3 N–H and O–H groups in total. The van der Waals surface area contributed by atoms with E-state index in [9.17, 15) is 9.59 Å². The number of rotatable bonds is 6. The van der Waals surface area contributed by atoms with Crippen LogP contribution in [0.2, 0.25) is 0 Å². The number of aliphatic carboxylic acids is 2. The maximum absolute atomic E-state index is 9.55. The first kappa shape index (κ1) is 26.9. The fraction of sp³-hybridized carbons (Fsp3) is 0.607. The number of nitrogens with one attached hydrogen (secondary N) is 1. The molecule has 1 saturated carbocycles. The van der Waals surface area contributed by atoms with Gasteiger partial charge < -0.3 is 20.4 Å². The van der Waals surface area contributed by atoms with Crippen molar-refractivity contribution >= 4 is 18.2 Å². The van der Waals surface area contributed by atoms with E-state index in [0.717, 1.165) is 19.5 Å². The molecule has 0 aromatic heterocycles. The molecular weight excluding hydrogens is 444 g/mol. The average Bonchev–Trinajstić information content (AvgIpc) is 3.31. The summed E-state index contributed by atoms with van der Waals surface area (Å²) in [5.41, 5.74) is 5.07. The third-order valence-electron chi connectivity index (χ3n) is 8.03. The van der Waals surface area contributed by atoms with Gasteiger partial charge in [-0.1, -0.05) is 57.5 Å². The van der Waals surface area contributed by atoms with Crippen LogP contribution in [0, 0.1) is 11.3 Å². The number of benzene rings is 1. The van der Waals surface area contributed by atoms with Crippen LogP contribution >= 0.6 is 0 Å². The predicted molar refractivity (Wildman–Crippen MR) is 137 cm³/mol. The Hall–Kier alpha value is -2.67. The summed E-state index contributed by atoms with van der Waals surface area (Å²) >= 11 is 0. The van der Waals surface area contributed by atoms with Crippen LogP contribution in [-0.4, -0.2) is 47.6 Å². The zero-order chi connectivity index (χ0) is 25.6. The van der Waals surface area contributed by atoms with E-state index in [1.165, 1.54) is 37.7 Å². The summed E-state index contributed by atoms with van der Waals surface area (Å²) in [5.74, 6) is -1.27. The number of oxime groups is 1. The number of nitrogens with zero attached hydrogens (tertiary/aromatic N) is 1. The molecule has 0 radical (unpaired) electrons. The number of hydrogen-bond donors (Lipinski definition) is 3. The van der Waals surface area contributed by atoms with Crippen molar-refractivity contribution in [2.75, 3.05) is 13.1 Å². The average molecular weight is 485 g/mol. The zero-order valence-electron chi connectivity index (χ0n) is 21.4. The minimum absolute atomic E-state index is 0.132. The van der Waals surface area contributed by atoms with E-state index in [1.54, 1.807) is 11.1 Å². The molecule has 2 fully saturated rings. The summed E-state index contributed by atoms with van der Waals surface area (Å²) in [5, 5.41) is 23.5. The monoisotopic (exact) mass is 484 g/mol. The lowest BCUT2D eigenvalue weighted by molar-refractivity contribution is -0.134. The smallest absolute Gasteiger partial charge is 0.328 e. The summed E-state index contributed by atoms with van der Waals surface area (Å²) in [6.07, 6.45) is 10.9. The van der Waals surface area contributed by atoms with Crippen molar-refractivity contribution in [1.82, 2.24) is 5.32 Å². The molecule has 7 nitrogen and oxygen atoms in total. The lowest BCUT2D eigenvalue weighted by atomic mass is 9.50. The van der Waals surface area contributed by atoms with Crippen molar-refractivity contribution in [2.24, 2.45) is 16.5 Å². The highest BCUT2D eigenvalue weighted by molar-refractivity contribution is 5.89. The Bertz CT molecular complexity index is 950. The van der Waals surface area contributed by atoms with Crippen LogP contribution in [0.1, 0.15) is 82.4 Å². The van der Waals surface area contributed by atoms with Crippen LogP contribution in [0.5, 0.6) is 0 Å². The van der Waals surface area contributed by atoms with Gasteiger partial charge in [0.15, 0.2) is 0 Å². The van der Waals surface area contributed by atoms with E-state index < -0.39 is 11.9 Å². The number of fused-ring (bicyclic) bond motifs is 3. The molecule has 3 aliphatic rings. The number of aryl methyl sites for hydroxylation is 1. The molecule has 192 valence electrons. The van der Waals surface area contributed by atoms with Gasteiger partial charge in [-0.2, -0.15) is 0 Å². The van der Waals surface area contributed by atoms with E-state index in [2.05, 4.69) is 62.6 Å². The SMILES string of the molecule is CC(C)c1ccc2c(c1)CC[C@H]1[C@](C)(/C=N/O[C@H]3CCNC3)CCC[C@]21C.O=C(O)/C=C/C(=O)O. The maximum atomic E-state index is 9.55. The van der Waals surface area contributed by atoms with E-state index in [4.69, 9.17) is 15.1 Å². The molecule has 2 aliphatic carbocycles. The number of carbonyl (C=O) groups is 2. The topological polar surface area (TPSA) is 108 Å². The second kappa shape index (κ2) is 11.4. The fourth-order valence-electron chi connectivity index (χ4n) is 6.17. The predicted octanol–water partition coefficient (Wildman–Crippen LogP) is 4.90. The molecule has 0 bridgehead atoms. The third kappa shape index (κ3) is 6.51. The molecule has 0 spiro atoms. The van der Waals surface area contributed by atoms with E-state index in [1.807, 2.05) is 0 Å². The summed E-state index contributed by atoms with van der Waals surface area (Å²) in [6, 6.07) is 7.30. The Morgan fingerprint density at radius 1 is 1.14 bits per heavy atom. The molecule has 35 heavy (non-hydrogen) atoms. The lowest BCUT2D eigenvalue weighted by Crippen LogP contribution is -2.49. The van der Waals surface area contributed by atoms with Crippen molar-refractivity contribution in [2.45, 2.75) is 83.7 Å². The van der Waals surface area contributed by atoms with Crippen LogP contribution in [-0.2, 0) is 26.3 Å². The second-order valence-electron chi connectivity index (χ2n) is 10.9. The minimum Gasteiger partial charge on any atom is -0.478 e. The summed E-state index contributed by atoms with van der Waals surface area (Å²) in [4.78, 5) is 24.9. The summed E-state index contributed by atoms with van der Waals surface area (Å²) in [7, 11) is 0. The first-order valence-electron chi connectivity index (χ1n) is 12.7. The molecule has 1 heterocycles. The molecule has 0 amide bonds. The Morgan fingerprint density at radius 3 is 2.46 bits per heavy atom. The highest BCUT2D eigenvalue weighted by Gasteiger charge is 2.51. The highest BCUT2D eigenvalue weighted by Crippen LogP contribution is 2.56. The van der Waals surface area contributed by atoms with Gasteiger partial charge in [0.1, 0.15) is 6.10 Å². The Morgan fingerprint density at radius 2 is 1.86 bits per heavy atom. The summed E-state index contributed by atoms with van der Waals surface area (Å²) in [6.45, 7) is 11.5. The van der Waals surface area contributed by atoms with E-state index >= 15 is 0 Å². The Labute approximate surface area is 208 Å². The molecule has 1 aromatic carbocycles. The second-order valence-corrected chi connectivity index (χ2v) is 10.9. The summed E-state index contributed by atoms with van der Waals surface area (Å²) < 4.78 is 0. The van der Waals surface area contributed by atoms with Crippen molar-refractivity contribution in [1.29, 1.82) is 0 Å². The van der Waals surface area contributed by atoms with Gasteiger partial charge in [-0.05, 0) is 66.2 Å². The number of carboxylic acid groups (broad SMARTS) is 2. The lowest BCUT2D eigenvalue weighted by Gasteiger charge is -2.54. The molecule has 1 aliphatic heterocycles. The van der Waals surface area contributed by atoms with Crippen LogP contribution in [0.4, 0.5) is 0 Å². The molecule has 4 atom stereocenters. The molecular formula is C28H40N2O5. The van der Waals surface area contributed by atoms with Crippen LogP contribution in [0.15, 0.2) is 35.5 Å². The fourth-order valence-corrected chi connectivity index (χ4v) is 6.17. The first-order valence-corrected chi connectivity index (χ1v) is 12.7. The largest absolute Gasteiger partial charge is 0.478 e. The van der Waals surface area contributed by atoms with Crippen LogP contribution in [0.3, 0.4) is 0 Å². The minimum atomic E-state index is -1.26. The number of hydrogen-bond acceptors (Lipinski definition) is 5. The van der Waals surface area contributed by atoms with Gasteiger partial charge in [0, 0.05) is 36.7 Å². The van der Waals surface area contributed by atoms with Crippen LogP contribution < -0.4 is 5.32 Å². The molecule has 4 rings (SSSR count). The van der Waals surface area contributed by atoms with Gasteiger partial charge in [-0.25, -0.2) is 9.59 Å². The third-order valence-corrected chi connectivity index (χ3v) is 8.03. The van der Waals surface area contributed by atoms with E-state index in [-0.39, 0.29) is 16.9 Å². The van der Waals surface area contributed by atoms with Gasteiger partial charge in [-0.15, -0.1) is 0 Å². The van der Waals surface area contributed by atoms with Crippen molar-refractivity contribution in [3.05, 3.63) is 47.0 Å². The van der Waals surface area contributed by atoms with Crippen molar-refractivity contribution in [3.63, 3.8) is 0 Å². The van der Waals surface area contributed by atoms with Crippen molar-refractivity contribution < 1.29 is 24.6 Å². The van der Waals surface area contributed by atoms with E-state index in [0.29, 0.717) is 24.0 Å². The molecule has 0 unspecified atom stereocenters.